The van der Waals surface area contributed by atoms with Gasteiger partial charge in [-0.25, -0.2) is 4.98 Å². The molecule has 0 fully saturated rings. The van der Waals surface area contributed by atoms with Crippen LogP contribution < -0.4 is 15.0 Å². The maximum Gasteiger partial charge on any atom is 0.226 e. The van der Waals surface area contributed by atoms with Crippen molar-refractivity contribution in [1.29, 1.82) is 0 Å². The molecule has 0 aliphatic heterocycles. The lowest BCUT2D eigenvalue weighted by atomic mass is 10.2. The summed E-state index contributed by atoms with van der Waals surface area (Å²) in [6.45, 7) is 7.24. The molecule has 1 aromatic heterocycles. The zero-order valence-electron chi connectivity index (χ0n) is 17.6. The van der Waals surface area contributed by atoms with Gasteiger partial charge >= 0.3 is 0 Å². The van der Waals surface area contributed by atoms with Gasteiger partial charge in [-0.1, -0.05) is 30.3 Å². The Kier molecular flexibility index (Phi) is 8.27. The Morgan fingerprint density at radius 2 is 1.87 bits per heavy atom. The molecule has 0 spiro atoms. The van der Waals surface area contributed by atoms with Crippen molar-refractivity contribution in [2.75, 3.05) is 31.1 Å². The Bertz CT molecular complexity index is 927. The van der Waals surface area contributed by atoms with E-state index in [1.807, 2.05) is 42.6 Å². The van der Waals surface area contributed by atoms with Crippen molar-refractivity contribution in [3.63, 3.8) is 0 Å². The molecule has 1 heterocycles. The van der Waals surface area contributed by atoms with Crippen LogP contribution in [-0.2, 0) is 11.2 Å². The summed E-state index contributed by atoms with van der Waals surface area (Å²) in [6.07, 6.45) is 1.20. The summed E-state index contributed by atoms with van der Waals surface area (Å²) in [5.74, 6) is 0.831. The fraction of sp³-hybridized carbons (Fsp3) is 0.333. The number of nitrogens with one attached hydrogen (secondary N) is 1. The van der Waals surface area contributed by atoms with E-state index in [0.29, 0.717) is 19.6 Å². The first-order valence-corrected chi connectivity index (χ1v) is 11.3. The number of carbonyl (C=O) groups is 1. The molecule has 0 bridgehead atoms. The Hall–Kier alpha value is -2.86. The molecular formula is C24H29N3O2S. The largest absolute Gasteiger partial charge is 0.493 e. The minimum absolute atomic E-state index is 0.00713. The van der Waals surface area contributed by atoms with Gasteiger partial charge in [0, 0.05) is 30.7 Å². The van der Waals surface area contributed by atoms with Crippen LogP contribution >= 0.6 is 11.3 Å². The number of amides is 1. The van der Waals surface area contributed by atoms with Gasteiger partial charge in [-0.05, 0) is 44.5 Å². The molecule has 5 nitrogen and oxygen atoms in total. The first-order chi connectivity index (χ1) is 14.7. The molecule has 30 heavy (non-hydrogen) atoms. The van der Waals surface area contributed by atoms with Crippen LogP contribution in [0.5, 0.6) is 5.75 Å². The second-order valence-corrected chi connectivity index (χ2v) is 7.73. The number of thiazole rings is 1. The summed E-state index contributed by atoms with van der Waals surface area (Å²) in [5.41, 5.74) is 2.98. The van der Waals surface area contributed by atoms with Gasteiger partial charge in [0.05, 0.1) is 24.3 Å². The standard InChI is InChI=1S/C24H29N3O2S/c1-3-27(20-11-6-5-7-12-20)16-10-15-25-23(28)17-19-18-30-24(26-19)21-13-8-9-14-22(21)29-4-2/h5-9,11-14,18H,3-4,10,15-17H2,1-2H3,(H,25,28). The van der Waals surface area contributed by atoms with Gasteiger partial charge in [0.15, 0.2) is 0 Å². The molecule has 0 aliphatic carbocycles. The van der Waals surface area contributed by atoms with Gasteiger partial charge in [-0.2, -0.15) is 0 Å². The molecule has 0 radical (unpaired) electrons. The highest BCUT2D eigenvalue weighted by Gasteiger charge is 2.12. The molecule has 1 amide bonds. The quantitative estimate of drug-likeness (QED) is 0.451. The van der Waals surface area contributed by atoms with Crippen LogP contribution in [0.15, 0.2) is 60.0 Å². The summed E-state index contributed by atoms with van der Waals surface area (Å²) in [6, 6.07) is 18.2. The molecular weight excluding hydrogens is 394 g/mol. The van der Waals surface area contributed by atoms with Gasteiger partial charge in [0.2, 0.25) is 5.91 Å². The number of benzene rings is 2. The predicted molar refractivity (Wildman–Crippen MR) is 124 cm³/mol. The fourth-order valence-corrected chi connectivity index (χ4v) is 4.12. The van der Waals surface area contributed by atoms with Crippen LogP contribution in [0, 0.1) is 0 Å². The third kappa shape index (κ3) is 6.07. The maximum absolute atomic E-state index is 12.3. The third-order valence-electron chi connectivity index (χ3n) is 4.74. The fourth-order valence-electron chi connectivity index (χ4n) is 3.27. The van der Waals surface area contributed by atoms with E-state index in [1.54, 1.807) is 0 Å². The van der Waals surface area contributed by atoms with Crippen molar-refractivity contribution in [2.45, 2.75) is 26.7 Å². The van der Waals surface area contributed by atoms with Crippen LogP contribution in [0.1, 0.15) is 26.0 Å². The van der Waals surface area contributed by atoms with E-state index in [4.69, 9.17) is 4.74 Å². The van der Waals surface area contributed by atoms with Crippen LogP contribution in [0.3, 0.4) is 0 Å². The Morgan fingerprint density at radius 1 is 1.10 bits per heavy atom. The molecule has 0 saturated carbocycles. The van der Waals surface area contributed by atoms with Gasteiger partial charge < -0.3 is 15.0 Å². The molecule has 0 aliphatic rings. The van der Waals surface area contributed by atoms with E-state index >= 15 is 0 Å². The van der Waals surface area contributed by atoms with Crippen molar-refractivity contribution >= 4 is 22.9 Å². The molecule has 6 heteroatoms. The average Bonchev–Trinajstić information content (AvgIpc) is 3.23. The van der Waals surface area contributed by atoms with Crippen LogP contribution in [0.2, 0.25) is 0 Å². The predicted octanol–water partition coefficient (Wildman–Crippen LogP) is 4.78. The minimum atomic E-state index is 0.00713. The smallest absolute Gasteiger partial charge is 0.226 e. The Balaban J connectivity index is 1.47. The number of nitrogens with zero attached hydrogens (tertiary/aromatic N) is 2. The summed E-state index contributed by atoms with van der Waals surface area (Å²) in [7, 11) is 0. The van der Waals surface area contributed by atoms with Gasteiger partial charge in [0.1, 0.15) is 10.8 Å². The Morgan fingerprint density at radius 3 is 2.63 bits per heavy atom. The molecule has 0 saturated heterocycles. The summed E-state index contributed by atoms with van der Waals surface area (Å²) in [5, 5.41) is 5.85. The van der Waals surface area contributed by atoms with Crippen molar-refractivity contribution in [3.05, 3.63) is 65.7 Å². The SMILES string of the molecule is CCOc1ccccc1-c1nc(CC(=O)NCCCN(CC)c2ccccc2)cs1. The molecule has 3 aromatic rings. The number of hydrogen-bond acceptors (Lipinski definition) is 5. The van der Waals surface area contributed by atoms with Crippen molar-refractivity contribution in [2.24, 2.45) is 0 Å². The summed E-state index contributed by atoms with van der Waals surface area (Å²) in [4.78, 5) is 19.3. The summed E-state index contributed by atoms with van der Waals surface area (Å²) >= 11 is 1.54. The number of anilines is 1. The average molecular weight is 424 g/mol. The third-order valence-corrected chi connectivity index (χ3v) is 5.67. The first-order valence-electron chi connectivity index (χ1n) is 10.4. The minimum Gasteiger partial charge on any atom is -0.493 e. The van der Waals surface area contributed by atoms with E-state index < -0.39 is 0 Å². The zero-order valence-corrected chi connectivity index (χ0v) is 18.5. The number of rotatable bonds is 11. The molecule has 1 N–H and O–H groups in total. The Labute approximate surface area is 182 Å². The zero-order chi connectivity index (χ0) is 21.2. The normalized spacial score (nSPS) is 10.6. The van der Waals surface area contributed by atoms with E-state index in [-0.39, 0.29) is 5.91 Å². The number of hydrogen-bond donors (Lipinski definition) is 1. The van der Waals surface area contributed by atoms with E-state index in [9.17, 15) is 4.79 Å². The lowest BCUT2D eigenvalue weighted by Crippen LogP contribution is -2.30. The highest BCUT2D eigenvalue weighted by molar-refractivity contribution is 7.13. The van der Waals surface area contributed by atoms with E-state index in [0.717, 1.165) is 41.5 Å². The van der Waals surface area contributed by atoms with Crippen LogP contribution in [-0.4, -0.2) is 37.1 Å². The highest BCUT2D eigenvalue weighted by Crippen LogP contribution is 2.32. The number of aromatic nitrogens is 1. The van der Waals surface area contributed by atoms with Crippen molar-refractivity contribution in [1.82, 2.24) is 10.3 Å². The van der Waals surface area contributed by atoms with Crippen molar-refractivity contribution < 1.29 is 9.53 Å². The maximum atomic E-state index is 12.3. The molecule has 2 aromatic carbocycles. The lowest BCUT2D eigenvalue weighted by Gasteiger charge is -2.23. The second kappa shape index (κ2) is 11.4. The molecule has 158 valence electrons. The highest BCUT2D eigenvalue weighted by atomic mass is 32.1. The first kappa shape index (κ1) is 21.8. The molecule has 0 unspecified atom stereocenters. The second-order valence-electron chi connectivity index (χ2n) is 6.87. The van der Waals surface area contributed by atoms with Crippen LogP contribution in [0.25, 0.3) is 10.6 Å². The van der Waals surface area contributed by atoms with Crippen LogP contribution in [0.4, 0.5) is 5.69 Å². The van der Waals surface area contributed by atoms with Gasteiger partial charge in [-0.15, -0.1) is 11.3 Å². The monoisotopic (exact) mass is 423 g/mol. The number of carbonyl (C=O) groups excluding carboxylic acids is 1. The molecule has 3 rings (SSSR count). The lowest BCUT2D eigenvalue weighted by molar-refractivity contribution is -0.120. The number of para-hydroxylation sites is 2. The number of ether oxygens (including phenoxy) is 1. The van der Waals surface area contributed by atoms with E-state index in [1.165, 1.54) is 17.0 Å². The topological polar surface area (TPSA) is 54.5 Å². The van der Waals surface area contributed by atoms with Gasteiger partial charge in [-0.3, -0.25) is 4.79 Å². The van der Waals surface area contributed by atoms with Gasteiger partial charge in [0.25, 0.3) is 0 Å². The van der Waals surface area contributed by atoms with Crippen molar-refractivity contribution in [3.8, 4) is 16.3 Å². The molecule has 0 atom stereocenters. The summed E-state index contributed by atoms with van der Waals surface area (Å²) < 4.78 is 5.69. The van der Waals surface area contributed by atoms with E-state index in [2.05, 4.69) is 46.4 Å².